The monoisotopic (exact) mass is 244 g/mol. The Morgan fingerprint density at radius 2 is 1.32 bits per heavy atom. The lowest BCUT2D eigenvalue weighted by molar-refractivity contribution is 1.41. The average Bonchev–Trinajstić information content (AvgIpc) is 2.98. The first kappa shape index (κ1) is 10.3. The fourth-order valence-corrected chi connectivity index (χ4v) is 2.62. The second kappa shape index (κ2) is 3.95. The van der Waals surface area contributed by atoms with Crippen molar-refractivity contribution in [3.8, 4) is 11.3 Å². The van der Waals surface area contributed by atoms with Gasteiger partial charge in [-0.3, -0.25) is 0 Å². The number of rotatable bonds is 1. The molecule has 4 aromatic rings. The Morgan fingerprint density at radius 1 is 0.684 bits per heavy atom. The summed E-state index contributed by atoms with van der Waals surface area (Å²) in [5.74, 6) is 0. The number of hydrogen-bond acceptors (Lipinski definition) is 1. The number of fused-ring (bicyclic) bond motifs is 2. The Bertz CT molecular complexity index is 807. The third kappa shape index (κ3) is 1.54. The van der Waals surface area contributed by atoms with E-state index in [1.807, 2.05) is 24.4 Å². The molecule has 0 amide bonds. The molecule has 0 radical (unpaired) electrons. The van der Waals surface area contributed by atoms with E-state index in [2.05, 4.69) is 47.4 Å². The molecule has 2 nitrogen and oxygen atoms in total. The van der Waals surface area contributed by atoms with Crippen molar-refractivity contribution in [2.24, 2.45) is 0 Å². The molecule has 0 fully saturated rings. The molecule has 4 rings (SSSR count). The SMILES string of the molecule is c1c[nH]c(-c2c3ccccc3nc3ccccc23)c1. The summed E-state index contributed by atoms with van der Waals surface area (Å²) in [7, 11) is 0. The van der Waals surface area contributed by atoms with Crippen molar-refractivity contribution in [2.45, 2.75) is 0 Å². The van der Waals surface area contributed by atoms with Crippen molar-refractivity contribution in [3.05, 3.63) is 66.9 Å². The standard InChI is InChI=1S/C17H12N2/c1-3-8-14-12(6-1)17(16-10-5-11-18-16)13-7-2-4-9-15(13)19-14/h1-11,18H. The van der Waals surface area contributed by atoms with Crippen LogP contribution < -0.4 is 0 Å². The van der Waals surface area contributed by atoms with Gasteiger partial charge in [-0.25, -0.2) is 4.98 Å². The lowest BCUT2D eigenvalue weighted by atomic mass is 10.0. The Hall–Kier alpha value is -2.61. The van der Waals surface area contributed by atoms with Crippen LogP contribution in [0.25, 0.3) is 33.1 Å². The lowest BCUT2D eigenvalue weighted by Gasteiger charge is -2.09. The fraction of sp³-hybridized carbons (Fsp3) is 0. The maximum Gasteiger partial charge on any atom is 0.0716 e. The van der Waals surface area contributed by atoms with Crippen molar-refractivity contribution in [1.29, 1.82) is 0 Å². The van der Waals surface area contributed by atoms with Crippen LogP contribution in [-0.4, -0.2) is 9.97 Å². The highest BCUT2D eigenvalue weighted by Crippen LogP contribution is 2.33. The van der Waals surface area contributed by atoms with Crippen LogP contribution in [0, 0.1) is 0 Å². The van der Waals surface area contributed by atoms with E-state index < -0.39 is 0 Å². The molecule has 0 unspecified atom stereocenters. The molecule has 0 aliphatic rings. The molecule has 0 saturated carbocycles. The molecule has 2 heteroatoms. The van der Waals surface area contributed by atoms with Crippen LogP contribution in [0.5, 0.6) is 0 Å². The zero-order valence-corrected chi connectivity index (χ0v) is 10.3. The molecule has 1 N–H and O–H groups in total. The lowest BCUT2D eigenvalue weighted by Crippen LogP contribution is -1.88. The summed E-state index contributed by atoms with van der Waals surface area (Å²) in [6, 6.07) is 20.7. The molecule has 2 aromatic heterocycles. The van der Waals surface area contributed by atoms with Crippen molar-refractivity contribution < 1.29 is 0 Å². The number of hydrogen-bond donors (Lipinski definition) is 1. The molecule has 2 aromatic carbocycles. The Kier molecular flexibility index (Phi) is 2.15. The van der Waals surface area contributed by atoms with Gasteiger partial charge < -0.3 is 4.98 Å². The van der Waals surface area contributed by atoms with Gasteiger partial charge in [0.1, 0.15) is 0 Å². The van der Waals surface area contributed by atoms with Crippen LogP contribution in [0.15, 0.2) is 66.9 Å². The Balaban J connectivity index is 2.27. The van der Waals surface area contributed by atoms with Gasteiger partial charge in [0.25, 0.3) is 0 Å². The third-order valence-corrected chi connectivity index (χ3v) is 3.45. The summed E-state index contributed by atoms with van der Waals surface area (Å²) in [4.78, 5) is 8.04. The normalized spacial score (nSPS) is 11.2. The minimum absolute atomic E-state index is 1.03. The van der Waals surface area contributed by atoms with Crippen molar-refractivity contribution in [1.82, 2.24) is 9.97 Å². The van der Waals surface area contributed by atoms with E-state index in [0.29, 0.717) is 0 Å². The van der Waals surface area contributed by atoms with E-state index in [0.717, 1.165) is 16.7 Å². The molecule has 90 valence electrons. The van der Waals surface area contributed by atoms with Gasteiger partial charge in [0.05, 0.1) is 11.0 Å². The van der Waals surface area contributed by atoms with Crippen LogP contribution in [0.1, 0.15) is 0 Å². The highest BCUT2D eigenvalue weighted by molar-refractivity contribution is 6.08. The predicted molar refractivity (Wildman–Crippen MR) is 79.0 cm³/mol. The summed E-state index contributed by atoms with van der Waals surface area (Å²) >= 11 is 0. The minimum Gasteiger partial charge on any atom is -0.361 e. The number of aromatic nitrogens is 2. The van der Waals surface area contributed by atoms with Crippen molar-refractivity contribution in [2.75, 3.05) is 0 Å². The highest BCUT2D eigenvalue weighted by Gasteiger charge is 2.10. The van der Waals surface area contributed by atoms with Crippen LogP contribution in [0.2, 0.25) is 0 Å². The third-order valence-electron chi connectivity index (χ3n) is 3.45. The first-order valence-electron chi connectivity index (χ1n) is 6.35. The molecular weight excluding hydrogens is 232 g/mol. The largest absolute Gasteiger partial charge is 0.361 e. The van der Waals surface area contributed by atoms with Gasteiger partial charge in [0, 0.05) is 28.2 Å². The number of para-hydroxylation sites is 2. The summed E-state index contributed by atoms with van der Waals surface area (Å²) in [5.41, 5.74) is 4.43. The smallest absolute Gasteiger partial charge is 0.0716 e. The minimum atomic E-state index is 1.03. The van der Waals surface area contributed by atoms with Gasteiger partial charge in [-0.1, -0.05) is 36.4 Å². The zero-order chi connectivity index (χ0) is 12.7. The van der Waals surface area contributed by atoms with E-state index in [1.54, 1.807) is 0 Å². The van der Waals surface area contributed by atoms with Crippen LogP contribution >= 0.6 is 0 Å². The average molecular weight is 244 g/mol. The maximum atomic E-state index is 4.73. The number of aromatic amines is 1. The number of pyridine rings is 1. The van der Waals surface area contributed by atoms with Gasteiger partial charge in [-0.15, -0.1) is 0 Å². The molecule has 0 bridgehead atoms. The Morgan fingerprint density at radius 3 is 1.89 bits per heavy atom. The van der Waals surface area contributed by atoms with Crippen molar-refractivity contribution >= 4 is 21.8 Å². The second-order valence-corrected chi connectivity index (χ2v) is 4.60. The predicted octanol–water partition coefficient (Wildman–Crippen LogP) is 4.38. The Labute approximate surface area is 110 Å². The number of nitrogens with zero attached hydrogens (tertiary/aromatic N) is 1. The zero-order valence-electron chi connectivity index (χ0n) is 10.3. The van der Waals surface area contributed by atoms with E-state index in [1.165, 1.54) is 16.3 Å². The first-order valence-corrected chi connectivity index (χ1v) is 6.35. The molecule has 0 aliphatic heterocycles. The molecule has 2 heterocycles. The summed E-state index contributed by atoms with van der Waals surface area (Å²) in [6.45, 7) is 0. The molecule has 19 heavy (non-hydrogen) atoms. The molecule has 0 aliphatic carbocycles. The topological polar surface area (TPSA) is 28.7 Å². The van der Waals surface area contributed by atoms with Crippen LogP contribution in [-0.2, 0) is 0 Å². The fourth-order valence-electron chi connectivity index (χ4n) is 2.62. The highest BCUT2D eigenvalue weighted by atomic mass is 14.7. The van der Waals surface area contributed by atoms with E-state index in [9.17, 15) is 0 Å². The number of nitrogens with one attached hydrogen (secondary N) is 1. The summed E-state index contributed by atoms with van der Waals surface area (Å²) in [6.07, 6.45) is 1.96. The molecular formula is C17H12N2. The van der Waals surface area contributed by atoms with Gasteiger partial charge in [-0.2, -0.15) is 0 Å². The van der Waals surface area contributed by atoms with Crippen LogP contribution in [0.3, 0.4) is 0 Å². The van der Waals surface area contributed by atoms with Gasteiger partial charge >= 0.3 is 0 Å². The van der Waals surface area contributed by atoms with E-state index in [4.69, 9.17) is 4.98 Å². The van der Waals surface area contributed by atoms with Gasteiger partial charge in [0.2, 0.25) is 0 Å². The molecule has 0 saturated heterocycles. The summed E-state index contributed by atoms with van der Waals surface area (Å²) < 4.78 is 0. The van der Waals surface area contributed by atoms with Gasteiger partial charge in [0.15, 0.2) is 0 Å². The van der Waals surface area contributed by atoms with Crippen molar-refractivity contribution in [3.63, 3.8) is 0 Å². The summed E-state index contributed by atoms with van der Waals surface area (Å²) in [5, 5.41) is 2.37. The maximum absolute atomic E-state index is 4.73. The van der Waals surface area contributed by atoms with Gasteiger partial charge in [-0.05, 0) is 24.3 Å². The quantitative estimate of drug-likeness (QED) is 0.494. The molecule has 0 spiro atoms. The number of benzene rings is 2. The number of H-pyrrole nitrogens is 1. The van der Waals surface area contributed by atoms with E-state index >= 15 is 0 Å². The second-order valence-electron chi connectivity index (χ2n) is 4.60. The first-order chi connectivity index (χ1) is 9.43. The van der Waals surface area contributed by atoms with E-state index in [-0.39, 0.29) is 0 Å². The van der Waals surface area contributed by atoms with Crippen LogP contribution in [0.4, 0.5) is 0 Å². The molecule has 0 atom stereocenters.